The van der Waals surface area contributed by atoms with Gasteiger partial charge in [0, 0.05) is 83.6 Å². The Morgan fingerprint density at radius 2 is 1.24 bits per heavy atom. The Balaban J connectivity index is 0.000000214. The highest BCUT2D eigenvalue weighted by molar-refractivity contribution is 6.31. The summed E-state index contributed by atoms with van der Waals surface area (Å²) >= 11 is 6.46. The molecule has 2 amide bonds. The molecule has 2 atom stereocenters. The number of hydrogen-bond donors (Lipinski definition) is 3. The number of anilines is 2. The van der Waals surface area contributed by atoms with E-state index in [2.05, 4.69) is 25.4 Å². The van der Waals surface area contributed by atoms with Crippen LogP contribution < -0.4 is 42.9 Å². The summed E-state index contributed by atoms with van der Waals surface area (Å²) in [6.07, 6.45) is 2.55. The highest BCUT2D eigenvalue weighted by Gasteiger charge is 2.29. The van der Waals surface area contributed by atoms with Gasteiger partial charge in [-0.05, 0) is 78.9 Å². The molecule has 2 saturated heterocycles. The predicted octanol–water partition coefficient (Wildman–Crippen LogP) is 4.29. The van der Waals surface area contributed by atoms with Crippen LogP contribution in [-0.4, -0.2) is 89.5 Å². The SMILES string of the molecule is Cn1c(=O)c2[nH]c(N3CCC[C@@H](NC(=O)OC(C)(C)C)C3)cc2n(C)c1=O.Cn1c(=O)c2c(cc(N3CCC[C@@H](NC(=O)OC(C)(C)C)C3)n2Cc2ccccc2Cl)n(C)c1=O. The molecule has 3 N–H and O–H groups in total. The van der Waals surface area contributed by atoms with Crippen LogP contribution in [0.1, 0.15) is 72.8 Å². The molecule has 1 aromatic carbocycles. The Kier molecular flexibility index (Phi) is 13.1. The molecule has 0 saturated carbocycles. The number of aromatic nitrogens is 6. The van der Waals surface area contributed by atoms with Crippen molar-refractivity contribution in [1.29, 1.82) is 0 Å². The third kappa shape index (κ3) is 10.1. The number of hydrogen-bond acceptors (Lipinski definition) is 10. The summed E-state index contributed by atoms with van der Waals surface area (Å²) in [6.45, 7) is 14.0. The van der Waals surface area contributed by atoms with E-state index in [1.165, 1.54) is 23.2 Å². The summed E-state index contributed by atoms with van der Waals surface area (Å²) in [5, 5.41) is 6.49. The minimum Gasteiger partial charge on any atom is -0.444 e. The lowest BCUT2D eigenvalue weighted by Crippen LogP contribution is -2.49. The number of aromatic amines is 1. The Morgan fingerprint density at radius 1 is 0.726 bits per heavy atom. The summed E-state index contributed by atoms with van der Waals surface area (Å²) < 4.78 is 17.8. The van der Waals surface area contributed by atoms with E-state index in [1.54, 1.807) is 14.1 Å². The standard InChI is InChI=1S/C25H32ClN5O4.C18H27N5O4/c1-25(2,3)35-23(33)27-17-10-8-12-30(15-17)20-13-19-21(22(32)29(5)24(34)28(19)4)31(20)14-16-9-6-7-11-18(16)26;1-18(2,3)27-16(25)19-11-7-6-8-23(10-11)13-9-12-14(20-13)15(24)22(5)17(26)21(12)4/h6-7,9,11,13,17H,8,10,12,14-15H2,1-5H3,(H,27,33);9,11,20H,6-8,10H2,1-5H3,(H,19,25)/t17-;11-/m11/s1. The Labute approximate surface area is 363 Å². The number of ether oxygens (including phenoxy) is 2. The molecule has 336 valence electrons. The molecule has 0 radical (unpaired) electrons. The molecule has 2 aliphatic heterocycles. The molecule has 18 nitrogen and oxygen atoms in total. The number of H-pyrrole nitrogens is 1. The number of carbonyl (C=O) groups is 2. The normalized spacial score (nSPS) is 17.1. The van der Waals surface area contributed by atoms with Crippen LogP contribution in [0.15, 0.2) is 55.6 Å². The fraction of sp³-hybridized carbons (Fsp3) is 0.535. The molecule has 0 unspecified atom stereocenters. The van der Waals surface area contributed by atoms with Crippen LogP contribution in [0.4, 0.5) is 21.2 Å². The van der Waals surface area contributed by atoms with Gasteiger partial charge in [0.05, 0.1) is 17.6 Å². The molecule has 0 aliphatic carbocycles. The molecule has 0 spiro atoms. The number of nitrogens with zero attached hydrogens (tertiary/aromatic N) is 7. The first-order valence-corrected chi connectivity index (χ1v) is 21.2. The highest BCUT2D eigenvalue weighted by atomic mass is 35.5. The predicted molar refractivity (Wildman–Crippen MR) is 241 cm³/mol. The molecule has 2 aliphatic rings. The van der Waals surface area contributed by atoms with Crippen molar-refractivity contribution in [2.45, 2.75) is 97.1 Å². The van der Waals surface area contributed by atoms with Gasteiger partial charge in [-0.3, -0.25) is 27.9 Å². The maximum atomic E-state index is 13.2. The number of piperidine rings is 2. The minimum absolute atomic E-state index is 0.0494. The molecular formula is C43H59ClN10O8. The Hall–Kier alpha value is -5.91. The Morgan fingerprint density at radius 3 is 1.81 bits per heavy atom. The van der Waals surface area contributed by atoms with Crippen molar-refractivity contribution in [3.8, 4) is 0 Å². The number of aryl methyl sites for hydroxylation is 2. The summed E-state index contributed by atoms with van der Waals surface area (Å²) in [6, 6.07) is 11.0. The van der Waals surface area contributed by atoms with E-state index in [4.69, 9.17) is 21.1 Å². The van der Waals surface area contributed by atoms with E-state index in [0.29, 0.717) is 46.7 Å². The second kappa shape index (κ2) is 17.8. The van der Waals surface area contributed by atoms with E-state index >= 15 is 0 Å². The lowest BCUT2D eigenvalue weighted by molar-refractivity contribution is 0.0488. The maximum absolute atomic E-state index is 13.2. The average Bonchev–Trinajstić information content (AvgIpc) is 3.81. The van der Waals surface area contributed by atoms with Crippen molar-refractivity contribution in [2.24, 2.45) is 28.2 Å². The van der Waals surface area contributed by atoms with Gasteiger partial charge in [-0.1, -0.05) is 29.8 Å². The van der Waals surface area contributed by atoms with Crippen LogP contribution in [-0.2, 0) is 44.2 Å². The number of nitrogens with one attached hydrogen (secondary N) is 3. The molecule has 6 heterocycles. The summed E-state index contributed by atoms with van der Waals surface area (Å²) in [5.41, 5.74) is 0.260. The van der Waals surface area contributed by atoms with Crippen LogP contribution >= 0.6 is 11.6 Å². The number of amides is 2. The second-order valence-corrected chi connectivity index (χ2v) is 18.5. The number of halogens is 1. The number of carbonyl (C=O) groups excluding carboxylic acids is 2. The monoisotopic (exact) mass is 878 g/mol. The van der Waals surface area contributed by atoms with Crippen LogP contribution in [0.2, 0.25) is 5.02 Å². The van der Waals surface area contributed by atoms with Crippen molar-refractivity contribution in [3.63, 3.8) is 0 Å². The van der Waals surface area contributed by atoms with Gasteiger partial charge in [0.25, 0.3) is 11.1 Å². The largest absolute Gasteiger partial charge is 0.444 e. The van der Waals surface area contributed by atoms with E-state index in [-0.39, 0.29) is 34.6 Å². The summed E-state index contributed by atoms with van der Waals surface area (Å²) in [7, 11) is 6.26. The molecule has 0 bridgehead atoms. The first-order valence-electron chi connectivity index (χ1n) is 20.8. The van der Waals surface area contributed by atoms with Crippen molar-refractivity contribution in [2.75, 3.05) is 36.0 Å². The Bertz CT molecular complexity index is 2730. The van der Waals surface area contributed by atoms with E-state index < -0.39 is 23.4 Å². The first kappa shape index (κ1) is 45.6. The van der Waals surface area contributed by atoms with Crippen LogP contribution in [0.5, 0.6) is 0 Å². The molecular weight excluding hydrogens is 820 g/mol. The van der Waals surface area contributed by atoms with Gasteiger partial charge < -0.3 is 39.5 Å². The first-order chi connectivity index (χ1) is 29.0. The molecule has 19 heteroatoms. The van der Waals surface area contributed by atoms with Crippen LogP contribution in [0.3, 0.4) is 0 Å². The number of alkyl carbamates (subject to hydrolysis) is 2. The van der Waals surface area contributed by atoms with Gasteiger partial charge >= 0.3 is 23.6 Å². The van der Waals surface area contributed by atoms with E-state index in [1.807, 2.05) is 82.5 Å². The van der Waals surface area contributed by atoms with Crippen molar-refractivity contribution < 1.29 is 19.1 Å². The topological polar surface area (TPSA) is 192 Å². The number of fused-ring (bicyclic) bond motifs is 2. The molecule has 2 fully saturated rings. The molecule has 7 rings (SSSR count). The number of benzene rings is 1. The summed E-state index contributed by atoms with van der Waals surface area (Å²) in [4.78, 5) is 82.1. The average molecular weight is 879 g/mol. The third-order valence-corrected chi connectivity index (χ3v) is 11.3. The highest BCUT2D eigenvalue weighted by Crippen LogP contribution is 2.29. The van der Waals surface area contributed by atoms with Gasteiger partial charge in [0.15, 0.2) is 0 Å². The quantitative estimate of drug-likeness (QED) is 0.222. The van der Waals surface area contributed by atoms with Gasteiger partial charge in [-0.15, -0.1) is 0 Å². The van der Waals surface area contributed by atoms with E-state index in [0.717, 1.165) is 65.1 Å². The minimum atomic E-state index is -0.579. The zero-order chi connectivity index (χ0) is 45.4. The van der Waals surface area contributed by atoms with Gasteiger partial charge in [0.2, 0.25) is 0 Å². The van der Waals surface area contributed by atoms with Crippen molar-refractivity contribution in [3.05, 3.63) is 88.7 Å². The van der Waals surface area contributed by atoms with Gasteiger partial charge in [0.1, 0.15) is 33.9 Å². The smallest absolute Gasteiger partial charge is 0.407 e. The fourth-order valence-corrected chi connectivity index (χ4v) is 8.17. The van der Waals surface area contributed by atoms with Gasteiger partial charge in [-0.2, -0.15) is 0 Å². The zero-order valence-corrected chi connectivity index (χ0v) is 38.0. The summed E-state index contributed by atoms with van der Waals surface area (Å²) in [5.74, 6) is 1.56. The van der Waals surface area contributed by atoms with Crippen molar-refractivity contribution >= 4 is 57.5 Å². The molecule has 4 aromatic heterocycles. The van der Waals surface area contributed by atoms with Crippen LogP contribution in [0, 0.1) is 0 Å². The maximum Gasteiger partial charge on any atom is 0.407 e. The molecule has 62 heavy (non-hydrogen) atoms. The van der Waals surface area contributed by atoms with Crippen molar-refractivity contribution in [1.82, 2.24) is 38.5 Å². The lowest BCUT2D eigenvalue weighted by Gasteiger charge is -2.35. The fourth-order valence-electron chi connectivity index (χ4n) is 7.97. The van der Waals surface area contributed by atoms with Gasteiger partial charge in [-0.25, -0.2) is 19.2 Å². The third-order valence-electron chi connectivity index (χ3n) is 11.0. The zero-order valence-electron chi connectivity index (χ0n) is 37.3. The lowest BCUT2D eigenvalue weighted by atomic mass is 10.1. The van der Waals surface area contributed by atoms with Crippen LogP contribution in [0.25, 0.3) is 22.1 Å². The van der Waals surface area contributed by atoms with E-state index in [9.17, 15) is 28.8 Å². The molecule has 5 aromatic rings. The second-order valence-electron chi connectivity index (χ2n) is 18.1. The number of rotatable bonds is 6.